The highest BCUT2D eigenvalue weighted by Gasteiger charge is 2.30. The van der Waals surface area contributed by atoms with E-state index in [9.17, 15) is 13.2 Å². The van der Waals surface area contributed by atoms with Gasteiger partial charge in [-0.05, 0) is 134 Å². The first-order chi connectivity index (χ1) is 29.3. The molecule has 61 heavy (non-hydrogen) atoms. The predicted molar refractivity (Wildman–Crippen MR) is 244 cm³/mol. The smallest absolute Gasteiger partial charge is 0.268 e. The van der Waals surface area contributed by atoms with Crippen molar-refractivity contribution in [2.24, 2.45) is 11.3 Å². The Morgan fingerprint density at radius 3 is 2.48 bits per heavy atom. The van der Waals surface area contributed by atoms with Gasteiger partial charge in [-0.15, -0.1) is 0 Å². The van der Waals surface area contributed by atoms with Gasteiger partial charge in [0.1, 0.15) is 17.1 Å². The van der Waals surface area contributed by atoms with Crippen molar-refractivity contribution >= 4 is 55.5 Å². The van der Waals surface area contributed by atoms with Gasteiger partial charge >= 0.3 is 0 Å². The molecule has 2 aliphatic carbocycles. The van der Waals surface area contributed by atoms with E-state index >= 15 is 0 Å². The molecule has 3 aromatic carbocycles. The van der Waals surface area contributed by atoms with Crippen molar-refractivity contribution < 1.29 is 22.7 Å². The molecular weight excluding hydrogens is 808 g/mol. The van der Waals surface area contributed by atoms with E-state index in [0.29, 0.717) is 23.4 Å². The van der Waals surface area contributed by atoms with E-state index < -0.39 is 15.9 Å². The second-order valence-electron chi connectivity index (χ2n) is 17.7. The van der Waals surface area contributed by atoms with E-state index in [1.165, 1.54) is 22.8 Å². The lowest BCUT2D eigenvalue weighted by Gasteiger charge is -2.39. The van der Waals surface area contributed by atoms with E-state index in [0.717, 1.165) is 112 Å². The largest absolute Gasteiger partial charge is 0.455 e. The van der Waals surface area contributed by atoms with Crippen LogP contribution in [0.15, 0.2) is 95.7 Å². The van der Waals surface area contributed by atoms with Crippen molar-refractivity contribution in [2.45, 2.75) is 76.7 Å². The minimum absolute atomic E-state index is 0.0107. The lowest BCUT2D eigenvalue weighted by Crippen LogP contribution is -2.47. The summed E-state index contributed by atoms with van der Waals surface area (Å²) >= 11 is 6.25. The number of aromatic nitrogens is 2. The Kier molecular flexibility index (Phi) is 12.8. The zero-order valence-corrected chi connectivity index (χ0v) is 37.2. The summed E-state index contributed by atoms with van der Waals surface area (Å²) in [6.07, 6.45) is 11.3. The fourth-order valence-electron chi connectivity index (χ4n) is 9.04. The van der Waals surface area contributed by atoms with Gasteiger partial charge in [-0.2, -0.15) is 0 Å². The number of methoxy groups -OCH3 is 1. The second-order valence-corrected chi connectivity index (χ2v) is 19.9. The number of hydrogen-bond acceptors (Lipinski definition) is 9. The van der Waals surface area contributed by atoms with Gasteiger partial charge in [0, 0.05) is 80.4 Å². The van der Waals surface area contributed by atoms with Gasteiger partial charge in [-0.1, -0.05) is 43.2 Å². The third kappa shape index (κ3) is 10.3. The van der Waals surface area contributed by atoms with Crippen molar-refractivity contribution in [1.82, 2.24) is 19.6 Å². The number of benzene rings is 3. The van der Waals surface area contributed by atoms with Crippen LogP contribution in [0.1, 0.15) is 80.3 Å². The maximum absolute atomic E-state index is 14.0. The molecular formula is C48H57ClN6O5S. The highest BCUT2D eigenvalue weighted by Crippen LogP contribution is 2.43. The molecule has 0 bridgehead atoms. The molecule has 3 heterocycles. The quantitative estimate of drug-likeness (QED) is 0.106. The maximum Gasteiger partial charge on any atom is 0.268 e. The van der Waals surface area contributed by atoms with Crippen LogP contribution in [0.4, 0.5) is 11.4 Å². The second kappa shape index (κ2) is 18.2. The van der Waals surface area contributed by atoms with Gasteiger partial charge in [-0.25, -0.2) is 18.1 Å². The topological polar surface area (TPSA) is 129 Å². The minimum Gasteiger partial charge on any atom is -0.455 e. The molecule has 13 heteroatoms. The van der Waals surface area contributed by atoms with E-state index in [1.807, 2.05) is 43.3 Å². The maximum atomic E-state index is 14.0. The van der Waals surface area contributed by atoms with Crippen LogP contribution in [0, 0.1) is 18.3 Å². The number of piperazine rings is 1. The van der Waals surface area contributed by atoms with Crippen LogP contribution < -0.4 is 19.7 Å². The Balaban J connectivity index is 0.972. The Labute approximate surface area is 364 Å². The molecule has 0 atom stereocenters. The molecule has 3 aliphatic rings. The third-order valence-corrected chi connectivity index (χ3v) is 14.4. The van der Waals surface area contributed by atoms with Crippen LogP contribution in [0.3, 0.4) is 0 Å². The lowest BCUT2D eigenvalue weighted by atomic mass is 9.72. The Morgan fingerprint density at radius 2 is 1.74 bits per heavy atom. The summed E-state index contributed by atoms with van der Waals surface area (Å²) in [6, 6.07) is 22.2. The number of H-pyrrole nitrogens is 1. The summed E-state index contributed by atoms with van der Waals surface area (Å²) in [5.41, 5.74) is 7.80. The van der Waals surface area contributed by atoms with Crippen LogP contribution >= 0.6 is 11.6 Å². The first-order valence-corrected chi connectivity index (χ1v) is 23.3. The number of pyridine rings is 1. The summed E-state index contributed by atoms with van der Waals surface area (Å²) < 4.78 is 41.7. The number of ether oxygens (including phenoxy) is 2. The Bertz CT molecular complexity index is 2500. The summed E-state index contributed by atoms with van der Waals surface area (Å²) in [6.45, 7) is 11.6. The summed E-state index contributed by atoms with van der Waals surface area (Å²) in [5.74, 6) is 0.418. The average Bonchev–Trinajstić information content (AvgIpc) is 3.72. The van der Waals surface area contributed by atoms with Crippen LogP contribution in [0.2, 0.25) is 5.02 Å². The Morgan fingerprint density at radius 1 is 0.967 bits per heavy atom. The zero-order valence-electron chi connectivity index (χ0n) is 35.6. The number of rotatable bonds is 13. The van der Waals surface area contributed by atoms with Crippen LogP contribution in [0.25, 0.3) is 16.6 Å². The summed E-state index contributed by atoms with van der Waals surface area (Å²) in [5, 5.41) is 5.10. The molecule has 1 saturated heterocycles. The summed E-state index contributed by atoms with van der Waals surface area (Å²) in [4.78, 5) is 26.3. The molecule has 0 radical (unpaired) electrons. The highest BCUT2D eigenvalue weighted by atomic mass is 35.5. The number of sulfonamides is 1. The first-order valence-electron chi connectivity index (χ1n) is 21.5. The molecule has 0 unspecified atom stereocenters. The number of amides is 1. The monoisotopic (exact) mass is 864 g/mol. The molecule has 322 valence electrons. The predicted octanol–water partition coefficient (Wildman–Crippen LogP) is 9.84. The molecule has 8 rings (SSSR count). The van der Waals surface area contributed by atoms with Crippen molar-refractivity contribution in [3.8, 4) is 11.5 Å². The molecule has 2 fully saturated rings. The number of carbonyl (C=O) groups is 1. The highest BCUT2D eigenvalue weighted by molar-refractivity contribution is 7.90. The van der Waals surface area contributed by atoms with E-state index in [2.05, 4.69) is 55.8 Å². The molecule has 1 amide bonds. The number of aromatic amines is 1. The molecule has 0 spiro atoms. The molecule has 1 saturated carbocycles. The number of halogens is 1. The number of nitrogens with zero attached hydrogens (tertiary/aromatic N) is 3. The first kappa shape index (κ1) is 42.8. The summed E-state index contributed by atoms with van der Waals surface area (Å²) in [7, 11) is -2.45. The minimum atomic E-state index is -4.22. The number of aryl methyl sites for hydroxylation is 1. The van der Waals surface area contributed by atoms with E-state index in [4.69, 9.17) is 21.1 Å². The number of fused-ring (bicyclic) bond motifs is 1. The molecule has 3 N–H and O–H groups in total. The van der Waals surface area contributed by atoms with Crippen molar-refractivity contribution in [3.63, 3.8) is 0 Å². The van der Waals surface area contributed by atoms with Gasteiger partial charge in [0.05, 0.1) is 22.8 Å². The fraction of sp³-hybridized carbons (Fsp3) is 0.417. The third-order valence-electron chi connectivity index (χ3n) is 12.8. The number of hydrogen-bond donors (Lipinski definition) is 3. The number of allylic oxidation sites excluding steroid dienone is 1. The van der Waals surface area contributed by atoms with Crippen molar-refractivity contribution in [1.29, 1.82) is 0 Å². The lowest BCUT2D eigenvalue weighted by molar-refractivity contribution is 0.0585. The van der Waals surface area contributed by atoms with Gasteiger partial charge < -0.3 is 24.7 Å². The van der Waals surface area contributed by atoms with Gasteiger partial charge in [0.2, 0.25) is 0 Å². The van der Waals surface area contributed by atoms with Crippen LogP contribution in [0.5, 0.6) is 11.5 Å². The average molecular weight is 866 g/mol. The Hall–Kier alpha value is -4.88. The normalized spacial score (nSPS) is 19.9. The van der Waals surface area contributed by atoms with E-state index in [1.54, 1.807) is 37.7 Å². The number of anilines is 2. The van der Waals surface area contributed by atoms with Gasteiger partial charge in [-0.3, -0.25) is 9.69 Å². The number of carbonyl (C=O) groups excluding carboxylic acids is 1. The fourth-order valence-corrected chi connectivity index (χ4v) is 10.2. The van der Waals surface area contributed by atoms with Crippen LogP contribution in [-0.4, -0.2) is 81.7 Å². The molecule has 1 aliphatic heterocycles. The van der Waals surface area contributed by atoms with Gasteiger partial charge in [0.25, 0.3) is 15.9 Å². The molecule has 2 aromatic heterocycles. The standard InChI is InChI=1S/C48H57ClN6O5S/c1-32-25-41(14-16-44(32)51-29-33-5-12-39(59-4)13-6-33)61(57,58)53-47(56)42-15-11-38(27-45(42)60-40-26-35-18-20-50-46(35)52-30-40)55-23-21-54(22-24-55)31-36-17-19-48(2,3)28-43(36)34-7-9-37(49)10-8-34/h7-11,14-16,18,20,25-27,30,33,39,51H,5-6,12-13,17,19,21-24,28-29,31H2,1-4H3,(H,50,52)(H,53,56). The molecule has 11 nitrogen and oxygen atoms in total. The van der Waals surface area contributed by atoms with Crippen molar-refractivity contribution in [3.05, 3.63) is 112 Å². The van der Waals surface area contributed by atoms with Crippen molar-refractivity contribution in [2.75, 3.05) is 56.6 Å². The van der Waals surface area contributed by atoms with E-state index in [-0.39, 0.29) is 21.6 Å². The van der Waals surface area contributed by atoms with Gasteiger partial charge in [0.15, 0.2) is 0 Å². The SMILES string of the molecule is COC1CCC(CNc2ccc(S(=O)(=O)NC(=O)c3ccc(N4CCN(CC5=C(c6ccc(Cl)cc6)CC(C)(C)CC5)CC4)cc3Oc3cnc4[nH]ccc4c3)cc2C)CC1. The van der Waals surface area contributed by atoms with Crippen LogP contribution in [-0.2, 0) is 14.8 Å². The number of nitrogens with one attached hydrogen (secondary N) is 3. The molecule has 5 aromatic rings. The zero-order chi connectivity index (χ0) is 42.7.